The van der Waals surface area contributed by atoms with Crippen LogP contribution in [0.25, 0.3) is 10.9 Å². The molecule has 31 heavy (non-hydrogen) atoms. The number of methoxy groups -OCH3 is 1. The van der Waals surface area contributed by atoms with E-state index in [-0.39, 0.29) is 6.42 Å². The molecule has 0 radical (unpaired) electrons. The maximum absolute atomic E-state index is 12.7. The van der Waals surface area contributed by atoms with Gasteiger partial charge in [-0.05, 0) is 44.5 Å². The van der Waals surface area contributed by atoms with Crippen molar-refractivity contribution in [1.82, 2.24) is 14.9 Å². The number of pyridine rings is 1. The number of fused-ring (bicyclic) bond motifs is 1. The van der Waals surface area contributed by atoms with Gasteiger partial charge in [-0.15, -0.1) is 0 Å². The van der Waals surface area contributed by atoms with Crippen molar-refractivity contribution in [2.24, 2.45) is 0 Å². The van der Waals surface area contributed by atoms with Crippen LogP contribution in [0, 0.1) is 0 Å². The quantitative estimate of drug-likeness (QED) is 0.632. The molecule has 0 spiro atoms. The molecule has 0 bridgehead atoms. The molecule has 3 rings (SSSR count). The van der Waals surface area contributed by atoms with Crippen molar-refractivity contribution in [2.45, 2.75) is 38.8 Å². The lowest BCUT2D eigenvalue weighted by atomic mass is 10.0. The molecule has 2 aromatic heterocycles. The zero-order valence-corrected chi connectivity index (χ0v) is 17.9. The first kappa shape index (κ1) is 22.0. The van der Waals surface area contributed by atoms with E-state index in [1.165, 1.54) is 24.1 Å². The van der Waals surface area contributed by atoms with Crippen LogP contribution in [0.4, 0.5) is 4.79 Å². The number of nitrogens with one attached hydrogen (secondary N) is 1. The summed E-state index contributed by atoms with van der Waals surface area (Å²) in [5.74, 6) is -1.01. The van der Waals surface area contributed by atoms with E-state index >= 15 is 0 Å². The van der Waals surface area contributed by atoms with Gasteiger partial charge < -0.3 is 14.8 Å². The summed E-state index contributed by atoms with van der Waals surface area (Å²) in [6.07, 6.45) is 4.24. The second-order valence-corrected chi connectivity index (χ2v) is 8.01. The molecule has 2 heterocycles. The van der Waals surface area contributed by atoms with Crippen molar-refractivity contribution in [3.05, 3.63) is 66.1 Å². The zero-order chi connectivity index (χ0) is 22.6. The van der Waals surface area contributed by atoms with E-state index in [0.717, 1.165) is 5.39 Å². The van der Waals surface area contributed by atoms with Crippen LogP contribution in [0.3, 0.4) is 0 Å². The first-order valence-electron chi connectivity index (χ1n) is 9.80. The zero-order valence-electron chi connectivity index (χ0n) is 17.9. The molecule has 3 aromatic rings. The number of hydrogen-bond donors (Lipinski definition) is 1. The number of carbonyl (C=O) groups is 3. The van der Waals surface area contributed by atoms with Crippen LogP contribution in [-0.4, -0.2) is 46.3 Å². The highest BCUT2D eigenvalue weighted by Gasteiger charge is 2.26. The molecule has 1 amide bonds. The van der Waals surface area contributed by atoms with Crippen molar-refractivity contribution in [2.75, 3.05) is 7.11 Å². The van der Waals surface area contributed by atoms with Gasteiger partial charge in [0.25, 0.3) is 5.91 Å². The molecular weight excluding hydrogens is 398 g/mol. The largest absolute Gasteiger partial charge is 0.467 e. The Balaban J connectivity index is 1.92. The molecule has 0 aliphatic heterocycles. The van der Waals surface area contributed by atoms with Crippen molar-refractivity contribution < 1.29 is 23.9 Å². The maximum atomic E-state index is 12.7. The minimum Gasteiger partial charge on any atom is -0.467 e. The number of para-hydroxylation sites is 1. The molecule has 1 N–H and O–H groups in total. The SMILES string of the molecule is COC(=O)[C@H](Cc1cn(C(=O)OC(C)(C)C)c2ccccc12)NC(=O)c1ccncc1. The number of amides is 1. The number of rotatable bonds is 5. The molecule has 0 aliphatic rings. The smallest absolute Gasteiger partial charge is 0.419 e. The Morgan fingerprint density at radius 3 is 2.42 bits per heavy atom. The lowest BCUT2D eigenvalue weighted by Gasteiger charge is -2.19. The van der Waals surface area contributed by atoms with E-state index in [1.54, 1.807) is 45.2 Å². The first-order chi connectivity index (χ1) is 14.7. The lowest BCUT2D eigenvalue weighted by Crippen LogP contribution is -2.43. The average molecular weight is 423 g/mol. The number of nitrogens with zero attached hydrogens (tertiary/aromatic N) is 2. The van der Waals surface area contributed by atoms with Gasteiger partial charge >= 0.3 is 12.1 Å². The molecule has 0 saturated heterocycles. The number of carbonyl (C=O) groups excluding carboxylic acids is 3. The molecule has 0 fully saturated rings. The highest BCUT2D eigenvalue weighted by molar-refractivity contribution is 5.97. The van der Waals surface area contributed by atoms with E-state index in [9.17, 15) is 14.4 Å². The van der Waals surface area contributed by atoms with Gasteiger partial charge in [0.1, 0.15) is 11.6 Å². The summed E-state index contributed by atoms with van der Waals surface area (Å²) in [5, 5.41) is 3.49. The third-order valence-electron chi connectivity index (χ3n) is 4.54. The van der Waals surface area contributed by atoms with Crippen molar-refractivity contribution in [3.8, 4) is 0 Å². The summed E-state index contributed by atoms with van der Waals surface area (Å²) in [6.45, 7) is 5.37. The molecule has 0 aliphatic carbocycles. The fourth-order valence-corrected chi connectivity index (χ4v) is 3.18. The second kappa shape index (κ2) is 8.99. The number of benzene rings is 1. The van der Waals surface area contributed by atoms with Crippen LogP contribution < -0.4 is 5.32 Å². The van der Waals surface area contributed by atoms with Crippen LogP contribution in [-0.2, 0) is 20.7 Å². The number of esters is 1. The summed E-state index contributed by atoms with van der Waals surface area (Å²) in [7, 11) is 1.26. The highest BCUT2D eigenvalue weighted by atomic mass is 16.6. The Morgan fingerprint density at radius 1 is 1.10 bits per heavy atom. The molecular formula is C23H25N3O5. The fourth-order valence-electron chi connectivity index (χ4n) is 3.18. The van der Waals surface area contributed by atoms with E-state index in [2.05, 4.69) is 10.3 Å². The number of aromatic nitrogens is 2. The van der Waals surface area contributed by atoms with Crippen LogP contribution >= 0.6 is 0 Å². The summed E-state index contributed by atoms with van der Waals surface area (Å²) >= 11 is 0. The molecule has 8 heteroatoms. The Hall–Kier alpha value is -3.68. The van der Waals surface area contributed by atoms with Crippen molar-refractivity contribution >= 4 is 28.9 Å². The normalized spacial score (nSPS) is 12.3. The van der Waals surface area contributed by atoms with Gasteiger partial charge in [0.15, 0.2) is 0 Å². The van der Waals surface area contributed by atoms with E-state index in [0.29, 0.717) is 16.6 Å². The average Bonchev–Trinajstić information content (AvgIpc) is 3.11. The Morgan fingerprint density at radius 2 is 1.77 bits per heavy atom. The third kappa shape index (κ3) is 5.28. The molecule has 0 unspecified atom stereocenters. The fraction of sp³-hybridized carbons (Fsp3) is 0.304. The Bertz CT molecular complexity index is 1100. The predicted octanol–water partition coefficient (Wildman–Crippen LogP) is 3.33. The third-order valence-corrected chi connectivity index (χ3v) is 4.54. The second-order valence-electron chi connectivity index (χ2n) is 8.01. The molecule has 0 saturated carbocycles. The number of hydrogen-bond acceptors (Lipinski definition) is 6. The van der Waals surface area contributed by atoms with Gasteiger partial charge in [0.2, 0.25) is 0 Å². The summed E-state index contributed by atoms with van der Waals surface area (Å²) < 4.78 is 11.8. The van der Waals surface area contributed by atoms with Gasteiger partial charge in [-0.1, -0.05) is 18.2 Å². The predicted molar refractivity (Wildman–Crippen MR) is 115 cm³/mol. The van der Waals surface area contributed by atoms with Gasteiger partial charge in [0.05, 0.1) is 12.6 Å². The Labute approximate surface area is 180 Å². The number of ether oxygens (including phenoxy) is 2. The van der Waals surface area contributed by atoms with Crippen LogP contribution in [0.2, 0.25) is 0 Å². The van der Waals surface area contributed by atoms with Gasteiger partial charge in [-0.2, -0.15) is 0 Å². The van der Waals surface area contributed by atoms with Gasteiger partial charge in [-0.25, -0.2) is 9.59 Å². The minimum absolute atomic E-state index is 0.139. The molecule has 162 valence electrons. The maximum Gasteiger partial charge on any atom is 0.419 e. The van der Waals surface area contributed by atoms with E-state index in [4.69, 9.17) is 9.47 Å². The van der Waals surface area contributed by atoms with Crippen LogP contribution in [0.15, 0.2) is 55.0 Å². The molecule has 8 nitrogen and oxygen atoms in total. The summed E-state index contributed by atoms with van der Waals surface area (Å²) in [6, 6.07) is 9.47. The van der Waals surface area contributed by atoms with Crippen molar-refractivity contribution in [3.63, 3.8) is 0 Å². The topological polar surface area (TPSA) is 99.5 Å². The standard InChI is InChI=1S/C23H25N3O5/c1-23(2,3)31-22(29)26-14-16(17-7-5-6-8-19(17)26)13-18(21(28)30-4)25-20(27)15-9-11-24-12-10-15/h5-12,14,18H,13H2,1-4H3,(H,25,27)/t18-/m0/s1. The van der Waals surface area contributed by atoms with Crippen LogP contribution in [0.1, 0.15) is 36.7 Å². The monoisotopic (exact) mass is 423 g/mol. The first-order valence-corrected chi connectivity index (χ1v) is 9.80. The molecule has 1 aromatic carbocycles. The summed E-state index contributed by atoms with van der Waals surface area (Å²) in [4.78, 5) is 41.6. The molecule has 1 atom stereocenters. The van der Waals surface area contributed by atoms with Crippen LogP contribution in [0.5, 0.6) is 0 Å². The Kier molecular flexibility index (Phi) is 6.39. The highest BCUT2D eigenvalue weighted by Crippen LogP contribution is 2.24. The minimum atomic E-state index is -0.941. The lowest BCUT2D eigenvalue weighted by molar-refractivity contribution is -0.142. The van der Waals surface area contributed by atoms with Gasteiger partial charge in [0, 0.05) is 36.0 Å². The summed E-state index contributed by atoms with van der Waals surface area (Å²) in [5.41, 5.74) is 1.07. The van der Waals surface area contributed by atoms with Gasteiger partial charge in [-0.3, -0.25) is 14.3 Å². The van der Waals surface area contributed by atoms with Crippen molar-refractivity contribution in [1.29, 1.82) is 0 Å². The van der Waals surface area contributed by atoms with E-state index < -0.39 is 29.6 Å². The van der Waals surface area contributed by atoms with E-state index in [1.807, 2.05) is 18.2 Å².